The van der Waals surface area contributed by atoms with Crippen LogP contribution in [0.15, 0.2) is 24.3 Å². The SMILES string of the molecule is CCCC(C(=N)N)(N1CCNCC1)N1CC(COc2ccc(CC(N)C(=O)OC)cc2)OC1=O. The lowest BCUT2D eigenvalue weighted by Gasteiger charge is -2.49. The number of rotatable bonds is 11. The van der Waals surface area contributed by atoms with Gasteiger partial charge in [0.2, 0.25) is 0 Å². The van der Waals surface area contributed by atoms with Gasteiger partial charge in [-0.25, -0.2) is 4.79 Å². The molecular formula is C23H36N6O5. The van der Waals surface area contributed by atoms with Crippen molar-refractivity contribution in [3.05, 3.63) is 29.8 Å². The van der Waals surface area contributed by atoms with Crippen molar-refractivity contribution in [1.82, 2.24) is 15.1 Å². The molecule has 0 spiro atoms. The molecule has 1 aromatic carbocycles. The van der Waals surface area contributed by atoms with Crippen LogP contribution in [0.5, 0.6) is 5.75 Å². The molecule has 2 heterocycles. The van der Waals surface area contributed by atoms with Crippen LogP contribution in [0.2, 0.25) is 0 Å². The maximum Gasteiger partial charge on any atom is 0.412 e. The molecule has 11 heteroatoms. The molecule has 11 nitrogen and oxygen atoms in total. The highest BCUT2D eigenvalue weighted by molar-refractivity contribution is 5.91. The van der Waals surface area contributed by atoms with Crippen molar-refractivity contribution in [3.8, 4) is 5.75 Å². The van der Waals surface area contributed by atoms with E-state index in [1.165, 1.54) is 7.11 Å². The van der Waals surface area contributed by atoms with Crippen molar-refractivity contribution in [2.45, 2.75) is 44.0 Å². The second-order valence-corrected chi connectivity index (χ2v) is 8.62. The maximum atomic E-state index is 12.9. The molecule has 0 saturated carbocycles. The summed E-state index contributed by atoms with van der Waals surface area (Å²) in [5.74, 6) is 0.104. The molecule has 2 aliphatic heterocycles. The third-order valence-electron chi connectivity index (χ3n) is 6.31. The molecule has 0 radical (unpaired) electrons. The van der Waals surface area contributed by atoms with E-state index in [-0.39, 0.29) is 19.0 Å². The Bertz CT molecular complexity index is 860. The molecule has 2 aliphatic rings. The van der Waals surface area contributed by atoms with Gasteiger partial charge in [-0.05, 0) is 30.5 Å². The predicted molar refractivity (Wildman–Crippen MR) is 127 cm³/mol. The number of nitrogens with two attached hydrogens (primary N) is 2. The normalized spacial score (nSPS) is 21.4. The van der Waals surface area contributed by atoms with Crippen LogP contribution in [0, 0.1) is 5.41 Å². The van der Waals surface area contributed by atoms with Crippen LogP contribution in [0.3, 0.4) is 0 Å². The lowest BCUT2D eigenvalue weighted by atomic mass is 9.97. The van der Waals surface area contributed by atoms with E-state index in [4.69, 9.17) is 26.4 Å². The first kappa shape index (κ1) is 25.7. The summed E-state index contributed by atoms with van der Waals surface area (Å²) >= 11 is 0. The Hall–Kier alpha value is -2.89. The van der Waals surface area contributed by atoms with Gasteiger partial charge in [0, 0.05) is 26.2 Å². The summed E-state index contributed by atoms with van der Waals surface area (Å²) < 4.78 is 16.1. The second kappa shape index (κ2) is 11.5. The number of carbonyl (C=O) groups is 2. The molecular weight excluding hydrogens is 440 g/mol. The molecule has 3 rings (SSSR count). The number of ether oxygens (including phenoxy) is 3. The van der Waals surface area contributed by atoms with Gasteiger partial charge in [0.15, 0.2) is 11.8 Å². The number of hydrogen-bond acceptors (Lipinski definition) is 9. The van der Waals surface area contributed by atoms with Crippen molar-refractivity contribution >= 4 is 17.9 Å². The number of piperazine rings is 1. The fraction of sp³-hybridized carbons (Fsp3) is 0.609. The van der Waals surface area contributed by atoms with Gasteiger partial charge in [0.25, 0.3) is 0 Å². The van der Waals surface area contributed by atoms with Gasteiger partial charge in [-0.2, -0.15) is 0 Å². The van der Waals surface area contributed by atoms with Crippen LogP contribution in [-0.4, -0.2) is 91.9 Å². The molecule has 3 unspecified atom stereocenters. The molecule has 2 saturated heterocycles. The molecule has 0 aliphatic carbocycles. The second-order valence-electron chi connectivity index (χ2n) is 8.62. The van der Waals surface area contributed by atoms with Crippen molar-refractivity contribution in [1.29, 1.82) is 5.41 Å². The average Bonchev–Trinajstić information content (AvgIpc) is 3.22. The highest BCUT2D eigenvalue weighted by atomic mass is 16.6. The molecule has 3 atom stereocenters. The van der Waals surface area contributed by atoms with Crippen molar-refractivity contribution in [2.24, 2.45) is 11.5 Å². The largest absolute Gasteiger partial charge is 0.490 e. The minimum atomic E-state index is -0.997. The zero-order valence-corrected chi connectivity index (χ0v) is 19.9. The number of amides is 1. The van der Waals surface area contributed by atoms with Crippen LogP contribution in [0.25, 0.3) is 0 Å². The fourth-order valence-electron chi connectivity index (χ4n) is 4.61. The Kier molecular flexibility index (Phi) is 8.70. The molecule has 1 amide bonds. The van der Waals surface area contributed by atoms with Gasteiger partial charge in [-0.15, -0.1) is 0 Å². The number of carbonyl (C=O) groups excluding carboxylic acids is 2. The number of amidine groups is 1. The van der Waals surface area contributed by atoms with E-state index in [2.05, 4.69) is 15.0 Å². The summed E-state index contributed by atoms with van der Waals surface area (Å²) in [5, 5.41) is 11.7. The van der Waals surface area contributed by atoms with Gasteiger partial charge in [0.1, 0.15) is 24.2 Å². The summed E-state index contributed by atoms with van der Waals surface area (Å²) in [6, 6.07) is 6.51. The molecule has 0 bridgehead atoms. The van der Waals surface area contributed by atoms with Crippen molar-refractivity contribution in [2.75, 3.05) is 46.4 Å². The van der Waals surface area contributed by atoms with Gasteiger partial charge in [-0.1, -0.05) is 25.5 Å². The van der Waals surface area contributed by atoms with E-state index < -0.39 is 29.9 Å². The van der Waals surface area contributed by atoms with Crippen LogP contribution >= 0.6 is 0 Å². The first-order valence-corrected chi connectivity index (χ1v) is 11.7. The highest BCUT2D eigenvalue weighted by Crippen LogP contribution is 2.32. The summed E-state index contributed by atoms with van der Waals surface area (Å²) in [7, 11) is 1.31. The fourth-order valence-corrected chi connectivity index (χ4v) is 4.61. The Morgan fingerprint density at radius 1 is 1.32 bits per heavy atom. The number of methoxy groups -OCH3 is 1. The summed E-state index contributed by atoms with van der Waals surface area (Å²) in [5.41, 5.74) is 11.8. The Balaban J connectivity index is 1.63. The Morgan fingerprint density at radius 3 is 2.59 bits per heavy atom. The van der Waals surface area contributed by atoms with E-state index in [0.717, 1.165) is 25.1 Å². The van der Waals surface area contributed by atoms with Crippen LogP contribution in [0.1, 0.15) is 25.3 Å². The van der Waals surface area contributed by atoms with Crippen molar-refractivity contribution in [3.63, 3.8) is 0 Å². The summed E-state index contributed by atoms with van der Waals surface area (Å²) in [4.78, 5) is 28.1. The van der Waals surface area contributed by atoms with Gasteiger partial charge in [0.05, 0.1) is 13.7 Å². The first-order chi connectivity index (χ1) is 16.3. The average molecular weight is 477 g/mol. The van der Waals surface area contributed by atoms with Crippen molar-refractivity contribution < 1.29 is 23.8 Å². The first-order valence-electron chi connectivity index (χ1n) is 11.7. The molecule has 0 aromatic heterocycles. The molecule has 6 N–H and O–H groups in total. The highest BCUT2D eigenvalue weighted by Gasteiger charge is 2.52. The molecule has 34 heavy (non-hydrogen) atoms. The number of cyclic esters (lactones) is 1. The number of nitrogens with one attached hydrogen (secondary N) is 2. The van der Waals surface area contributed by atoms with Gasteiger partial charge < -0.3 is 31.0 Å². The predicted octanol–water partition coefficient (Wildman–Crippen LogP) is 0.267. The number of nitrogens with zero attached hydrogens (tertiary/aromatic N) is 2. The standard InChI is InChI=1S/C23H36N6O5/c1-3-8-23(21(25)26,28-11-9-27-10-12-28)29-14-18(34-22(29)31)15-33-17-6-4-16(5-7-17)13-19(24)20(30)32-2/h4-7,18-19,27H,3,8-15,24H2,1-2H3,(H3,25,26). The Morgan fingerprint density at radius 2 is 2.00 bits per heavy atom. The van der Waals surface area contributed by atoms with Crippen LogP contribution in [0.4, 0.5) is 4.79 Å². The monoisotopic (exact) mass is 476 g/mol. The van der Waals surface area contributed by atoms with Gasteiger partial charge in [-0.3, -0.25) is 20.0 Å². The lowest BCUT2D eigenvalue weighted by molar-refractivity contribution is -0.142. The maximum absolute atomic E-state index is 12.9. The van der Waals surface area contributed by atoms with Crippen LogP contribution < -0.4 is 21.5 Å². The van der Waals surface area contributed by atoms with Gasteiger partial charge >= 0.3 is 12.1 Å². The quantitative estimate of drug-likeness (QED) is 0.200. The number of hydrogen-bond donors (Lipinski definition) is 4. The zero-order valence-electron chi connectivity index (χ0n) is 19.9. The zero-order chi connectivity index (χ0) is 24.7. The summed E-state index contributed by atoms with van der Waals surface area (Å²) in [6.07, 6.45) is 0.709. The minimum Gasteiger partial charge on any atom is -0.490 e. The summed E-state index contributed by atoms with van der Waals surface area (Å²) in [6.45, 7) is 5.40. The van der Waals surface area contributed by atoms with E-state index in [1.807, 2.05) is 19.1 Å². The lowest BCUT2D eigenvalue weighted by Crippen LogP contribution is -2.70. The van der Waals surface area contributed by atoms with E-state index in [1.54, 1.807) is 17.0 Å². The molecule has 1 aromatic rings. The minimum absolute atomic E-state index is 0.0458. The number of esters is 1. The van der Waals surface area contributed by atoms with E-state index in [9.17, 15) is 9.59 Å². The van der Waals surface area contributed by atoms with E-state index in [0.29, 0.717) is 31.7 Å². The smallest absolute Gasteiger partial charge is 0.412 e. The molecule has 2 fully saturated rings. The third-order valence-corrected chi connectivity index (χ3v) is 6.31. The third kappa shape index (κ3) is 5.60. The molecule has 188 valence electrons. The number of benzene rings is 1. The Labute approximate surface area is 200 Å². The van der Waals surface area contributed by atoms with E-state index >= 15 is 0 Å². The van der Waals surface area contributed by atoms with Crippen LogP contribution in [-0.2, 0) is 20.7 Å². The topological polar surface area (TPSA) is 156 Å².